The number of nitrogens with zero attached hydrogens (tertiary/aromatic N) is 2. The van der Waals surface area contributed by atoms with Gasteiger partial charge < -0.3 is 29.7 Å². The van der Waals surface area contributed by atoms with E-state index in [-0.39, 0.29) is 30.1 Å². The second-order valence-corrected chi connectivity index (χ2v) is 9.57. The third-order valence-corrected chi connectivity index (χ3v) is 6.83. The van der Waals surface area contributed by atoms with E-state index >= 15 is 0 Å². The molecule has 1 aromatic heterocycles. The number of aromatic amines is 1. The molecule has 2 aromatic carbocycles. The smallest absolute Gasteiger partial charge is 0.258 e. The van der Waals surface area contributed by atoms with Gasteiger partial charge in [-0.1, -0.05) is 12.1 Å². The van der Waals surface area contributed by atoms with Gasteiger partial charge in [0.25, 0.3) is 11.8 Å². The minimum Gasteiger partial charge on any atom is -0.493 e. The summed E-state index contributed by atoms with van der Waals surface area (Å²) >= 11 is 0. The van der Waals surface area contributed by atoms with Crippen molar-refractivity contribution in [2.45, 2.75) is 38.0 Å². The zero-order chi connectivity index (χ0) is 27.2. The molecule has 2 atom stereocenters. The molecule has 0 unspecified atom stereocenters. The molecular weight excluding hydrogens is 502 g/mol. The van der Waals surface area contributed by atoms with Crippen LogP contribution in [-0.2, 0) is 22.6 Å². The van der Waals surface area contributed by atoms with Crippen molar-refractivity contribution in [2.75, 3.05) is 26.8 Å². The van der Waals surface area contributed by atoms with E-state index in [1.54, 1.807) is 29.3 Å². The average Bonchev–Trinajstić information content (AvgIpc) is 3.61. The highest BCUT2D eigenvalue weighted by molar-refractivity contribution is 5.95. The summed E-state index contributed by atoms with van der Waals surface area (Å²) in [6, 6.07) is 11.7. The molecule has 3 aromatic rings. The Kier molecular flexibility index (Phi) is 7.95. The quantitative estimate of drug-likeness (QED) is 0.456. The number of nitrogens with one attached hydrogen (secondary N) is 3. The molecular formula is C28H31N5O6. The van der Waals surface area contributed by atoms with Crippen LogP contribution in [0, 0.1) is 0 Å². The summed E-state index contributed by atoms with van der Waals surface area (Å²) < 4.78 is 17.3. The lowest BCUT2D eigenvalue weighted by molar-refractivity contribution is -0.130. The molecule has 3 aliphatic heterocycles. The first-order valence-corrected chi connectivity index (χ1v) is 12.9. The molecule has 0 saturated carbocycles. The van der Waals surface area contributed by atoms with Gasteiger partial charge in [-0.05, 0) is 54.3 Å². The Morgan fingerprint density at radius 3 is 2.77 bits per heavy atom. The third-order valence-electron chi connectivity index (χ3n) is 6.83. The number of likely N-dealkylation sites (tertiary alicyclic amines) is 1. The molecule has 3 N–H and O–H groups in total. The lowest BCUT2D eigenvalue weighted by atomic mass is 10.1. The maximum absolute atomic E-state index is 13.3. The Hall–Kier alpha value is -4.54. The highest BCUT2D eigenvalue weighted by atomic mass is 16.5. The number of benzene rings is 2. The summed E-state index contributed by atoms with van der Waals surface area (Å²) in [5.74, 6) is 0.657. The number of amides is 3. The Morgan fingerprint density at radius 2 is 2.00 bits per heavy atom. The van der Waals surface area contributed by atoms with Gasteiger partial charge in [-0.3, -0.25) is 19.5 Å². The molecule has 3 aliphatic rings. The first kappa shape index (κ1) is 26.1. The van der Waals surface area contributed by atoms with Crippen LogP contribution in [0.4, 0.5) is 0 Å². The molecule has 0 radical (unpaired) electrons. The molecule has 11 heteroatoms. The summed E-state index contributed by atoms with van der Waals surface area (Å²) in [5, 5.41) is 12.6. The number of carbonyl (C=O) groups excluding carboxylic acids is 3. The van der Waals surface area contributed by atoms with Crippen molar-refractivity contribution in [3.8, 4) is 17.2 Å². The highest BCUT2D eigenvalue weighted by Crippen LogP contribution is 2.29. The van der Waals surface area contributed by atoms with Gasteiger partial charge in [0.1, 0.15) is 11.9 Å². The number of carbonyl (C=O) groups is 3. The van der Waals surface area contributed by atoms with E-state index in [1.165, 1.54) is 7.11 Å². The van der Waals surface area contributed by atoms with Crippen LogP contribution in [-0.4, -0.2) is 71.8 Å². The van der Waals surface area contributed by atoms with Gasteiger partial charge in [-0.25, -0.2) is 0 Å². The molecule has 4 bridgehead atoms. The Balaban J connectivity index is 1.35. The number of aromatic nitrogens is 2. The van der Waals surface area contributed by atoms with Crippen molar-refractivity contribution >= 4 is 17.7 Å². The van der Waals surface area contributed by atoms with Crippen LogP contribution in [0.25, 0.3) is 0 Å². The van der Waals surface area contributed by atoms with Crippen molar-refractivity contribution in [3.05, 3.63) is 71.5 Å². The molecule has 1 fully saturated rings. The monoisotopic (exact) mass is 533 g/mol. The number of fused-ring (bicyclic) bond motifs is 7. The topological polar surface area (TPSA) is 135 Å². The van der Waals surface area contributed by atoms with Crippen LogP contribution in [0.15, 0.2) is 54.9 Å². The summed E-state index contributed by atoms with van der Waals surface area (Å²) in [6.07, 6.45) is 4.98. The van der Waals surface area contributed by atoms with Gasteiger partial charge in [-0.15, -0.1) is 0 Å². The molecule has 3 amide bonds. The van der Waals surface area contributed by atoms with E-state index in [2.05, 4.69) is 20.8 Å². The van der Waals surface area contributed by atoms with Crippen molar-refractivity contribution in [1.82, 2.24) is 25.7 Å². The van der Waals surface area contributed by atoms with Crippen LogP contribution in [0.1, 0.15) is 34.3 Å². The van der Waals surface area contributed by atoms with E-state index < -0.39 is 12.1 Å². The average molecular weight is 534 g/mol. The molecule has 0 spiro atoms. The van der Waals surface area contributed by atoms with Crippen molar-refractivity contribution in [2.24, 2.45) is 0 Å². The Bertz CT molecular complexity index is 1310. The lowest BCUT2D eigenvalue weighted by Crippen LogP contribution is -2.45. The number of methoxy groups -OCH3 is 1. The summed E-state index contributed by atoms with van der Waals surface area (Å²) in [5.41, 5.74) is 2.29. The first-order chi connectivity index (χ1) is 19.0. The van der Waals surface area contributed by atoms with Gasteiger partial charge in [0.2, 0.25) is 5.91 Å². The fourth-order valence-corrected chi connectivity index (χ4v) is 4.69. The summed E-state index contributed by atoms with van der Waals surface area (Å²) in [4.78, 5) is 40.4. The minimum absolute atomic E-state index is 0.0113. The maximum Gasteiger partial charge on any atom is 0.258 e. The molecule has 1 saturated heterocycles. The number of ether oxygens (including phenoxy) is 3. The van der Waals surface area contributed by atoms with Gasteiger partial charge >= 0.3 is 0 Å². The summed E-state index contributed by atoms with van der Waals surface area (Å²) in [6.45, 7) is 0.777. The SMILES string of the molecule is COc1ccc2cc1OCC(=O)NCc1ccc(cc1)O[C@H]1CN(C(=O)CCCc3cn[nH]c3)C[C@@H]1NC2=O. The number of aryl methyl sites for hydroxylation is 1. The standard InChI is InChI=1S/C28H31N5O6/c1-37-23-10-7-20-11-24(23)38-17-26(34)29-12-18-5-8-21(9-6-18)39-25-16-33(15-22(25)32-28(20)36)27(35)4-2-3-19-13-30-31-14-19/h5-11,13-14,22,25H,2-4,12,15-17H2,1H3,(H,29,34)(H,30,31)(H,32,36)/t22-,25-/m0/s1. The fourth-order valence-electron chi connectivity index (χ4n) is 4.69. The van der Waals surface area contributed by atoms with Crippen molar-refractivity contribution in [1.29, 1.82) is 0 Å². The van der Waals surface area contributed by atoms with Gasteiger partial charge in [0.05, 0.1) is 25.9 Å². The molecule has 0 aliphatic carbocycles. The Labute approximate surface area is 225 Å². The Morgan fingerprint density at radius 1 is 1.15 bits per heavy atom. The molecule has 6 rings (SSSR count). The van der Waals surface area contributed by atoms with Crippen molar-refractivity contribution < 1.29 is 28.6 Å². The zero-order valence-electron chi connectivity index (χ0n) is 21.6. The number of H-pyrrole nitrogens is 1. The largest absolute Gasteiger partial charge is 0.493 e. The zero-order valence-corrected chi connectivity index (χ0v) is 21.6. The van der Waals surface area contributed by atoms with E-state index in [0.29, 0.717) is 49.5 Å². The van der Waals surface area contributed by atoms with Gasteiger partial charge in [0, 0.05) is 31.3 Å². The number of hydrogen-bond donors (Lipinski definition) is 3. The second kappa shape index (κ2) is 11.9. The third kappa shape index (κ3) is 6.49. The highest BCUT2D eigenvalue weighted by Gasteiger charge is 2.38. The van der Waals surface area contributed by atoms with Crippen molar-refractivity contribution in [3.63, 3.8) is 0 Å². The van der Waals surface area contributed by atoms with Crippen LogP contribution in [0.3, 0.4) is 0 Å². The van der Waals surface area contributed by atoms with E-state index in [1.807, 2.05) is 30.5 Å². The van der Waals surface area contributed by atoms with Crippen LogP contribution < -0.4 is 24.8 Å². The van der Waals surface area contributed by atoms with E-state index in [9.17, 15) is 14.4 Å². The van der Waals surface area contributed by atoms with Crippen LogP contribution in [0.5, 0.6) is 17.2 Å². The minimum atomic E-state index is -0.443. The van der Waals surface area contributed by atoms with Gasteiger partial charge in [-0.2, -0.15) is 5.10 Å². The summed E-state index contributed by atoms with van der Waals surface area (Å²) in [7, 11) is 1.49. The maximum atomic E-state index is 13.3. The number of rotatable bonds is 5. The molecule has 11 nitrogen and oxygen atoms in total. The molecule has 204 valence electrons. The van der Waals surface area contributed by atoms with Crippen LogP contribution in [0.2, 0.25) is 0 Å². The van der Waals surface area contributed by atoms with Crippen LogP contribution >= 0.6 is 0 Å². The second-order valence-electron chi connectivity index (χ2n) is 9.57. The number of hydrogen-bond acceptors (Lipinski definition) is 7. The van der Waals surface area contributed by atoms with E-state index in [4.69, 9.17) is 14.2 Å². The predicted molar refractivity (Wildman–Crippen MR) is 141 cm³/mol. The first-order valence-electron chi connectivity index (χ1n) is 12.9. The molecule has 4 heterocycles. The fraction of sp³-hybridized carbons (Fsp3) is 0.357. The normalized spacial score (nSPS) is 19.3. The predicted octanol–water partition coefficient (Wildman–Crippen LogP) is 1.84. The molecule has 39 heavy (non-hydrogen) atoms. The van der Waals surface area contributed by atoms with E-state index in [0.717, 1.165) is 17.5 Å². The lowest BCUT2D eigenvalue weighted by Gasteiger charge is -2.21. The van der Waals surface area contributed by atoms with Gasteiger partial charge in [0.15, 0.2) is 18.1 Å².